The van der Waals surface area contributed by atoms with Crippen LogP contribution in [0.3, 0.4) is 0 Å². The van der Waals surface area contributed by atoms with Gasteiger partial charge >= 0.3 is 6.18 Å². The van der Waals surface area contributed by atoms with Crippen LogP contribution in [0.1, 0.15) is 5.69 Å². The van der Waals surface area contributed by atoms with Crippen molar-refractivity contribution in [1.29, 1.82) is 0 Å². The highest BCUT2D eigenvalue weighted by Gasteiger charge is 2.38. The summed E-state index contributed by atoms with van der Waals surface area (Å²) < 4.78 is 105. The molecule has 2 aromatic rings. The molecule has 0 aliphatic rings. The van der Waals surface area contributed by atoms with Crippen LogP contribution in [0.5, 0.6) is 0 Å². The Hall–Kier alpha value is -2.39. The van der Waals surface area contributed by atoms with E-state index < -0.39 is 57.9 Å². The summed E-state index contributed by atoms with van der Waals surface area (Å²) in [5.41, 5.74) is 0.154. The molecule has 10 heteroatoms. The normalized spacial score (nSPS) is 11.8. The Balaban J connectivity index is 2.90. The van der Waals surface area contributed by atoms with Gasteiger partial charge < -0.3 is 5.73 Å². The van der Waals surface area contributed by atoms with Crippen LogP contribution in [0.4, 0.5) is 40.9 Å². The molecule has 0 amide bonds. The molecule has 0 spiro atoms. The van der Waals surface area contributed by atoms with Crippen molar-refractivity contribution >= 4 is 5.82 Å². The van der Waals surface area contributed by atoms with Gasteiger partial charge in [0.2, 0.25) is 5.82 Å². The predicted molar refractivity (Wildman–Crippen MR) is 58.9 cm³/mol. The molecule has 0 saturated heterocycles. The minimum atomic E-state index is -5.22. The zero-order chi connectivity index (χ0) is 16.8. The van der Waals surface area contributed by atoms with E-state index in [4.69, 9.17) is 5.73 Å². The molecule has 0 atom stereocenters. The fourth-order valence-electron chi connectivity index (χ4n) is 1.73. The molecule has 0 unspecified atom stereocenters. The monoisotopic (exact) mass is 328 g/mol. The summed E-state index contributed by atoms with van der Waals surface area (Å²) in [5, 5.41) is 0. The van der Waals surface area contributed by atoms with Crippen LogP contribution in [0.2, 0.25) is 0 Å². The van der Waals surface area contributed by atoms with Crippen LogP contribution in [0.15, 0.2) is 12.1 Å². The van der Waals surface area contributed by atoms with Gasteiger partial charge in [0, 0.05) is 5.56 Å². The van der Waals surface area contributed by atoms with E-state index in [1.54, 1.807) is 0 Å². The zero-order valence-electron chi connectivity index (χ0n) is 10.2. The number of pyridine rings is 1. The third kappa shape index (κ3) is 2.44. The van der Waals surface area contributed by atoms with E-state index in [0.29, 0.717) is 6.07 Å². The lowest BCUT2D eigenvalue weighted by molar-refractivity contribution is -0.140. The van der Waals surface area contributed by atoms with E-state index in [9.17, 15) is 35.1 Å². The molecule has 1 aromatic heterocycles. The molecule has 0 radical (unpaired) electrons. The standard InChI is InChI=1S/C12H4F8N2/c13-6-5(7(14)9(16)10(17)8(6)15)3-1-2-4(21)22-11(3)12(18,19)20/h1-2H,(H2,21,22). The van der Waals surface area contributed by atoms with Crippen molar-refractivity contribution in [2.24, 2.45) is 0 Å². The second kappa shape index (κ2) is 5.11. The van der Waals surface area contributed by atoms with Gasteiger partial charge in [0.1, 0.15) is 5.82 Å². The third-order valence-electron chi connectivity index (χ3n) is 2.66. The SMILES string of the molecule is Nc1ccc(-c2c(F)c(F)c(F)c(F)c2F)c(C(F)(F)F)n1. The van der Waals surface area contributed by atoms with E-state index in [1.165, 1.54) is 0 Å². The number of rotatable bonds is 1. The second-order valence-electron chi connectivity index (χ2n) is 4.07. The highest BCUT2D eigenvalue weighted by atomic mass is 19.4. The molecule has 118 valence electrons. The predicted octanol–water partition coefficient (Wildman–Crippen LogP) is 4.05. The first kappa shape index (κ1) is 16.0. The lowest BCUT2D eigenvalue weighted by Crippen LogP contribution is -2.14. The number of nitrogens with zero attached hydrogens (tertiary/aromatic N) is 1. The average molecular weight is 328 g/mol. The number of aromatic nitrogens is 1. The molecule has 2 N–H and O–H groups in total. The maximum absolute atomic E-state index is 13.6. The van der Waals surface area contributed by atoms with Gasteiger partial charge in [-0.1, -0.05) is 0 Å². The summed E-state index contributed by atoms with van der Waals surface area (Å²) in [7, 11) is 0. The number of hydrogen-bond donors (Lipinski definition) is 1. The molecular formula is C12H4F8N2. The first-order valence-corrected chi connectivity index (χ1v) is 5.41. The van der Waals surface area contributed by atoms with Gasteiger partial charge in [-0.05, 0) is 12.1 Å². The number of nitrogens with two attached hydrogens (primary N) is 1. The zero-order valence-corrected chi connectivity index (χ0v) is 10.2. The van der Waals surface area contributed by atoms with Crippen molar-refractivity contribution in [3.05, 3.63) is 46.9 Å². The van der Waals surface area contributed by atoms with E-state index in [0.717, 1.165) is 6.07 Å². The smallest absolute Gasteiger partial charge is 0.384 e. The molecule has 0 fully saturated rings. The number of anilines is 1. The lowest BCUT2D eigenvalue weighted by Gasteiger charge is -2.14. The van der Waals surface area contributed by atoms with Crippen LogP contribution in [0, 0.1) is 29.1 Å². The molecular weight excluding hydrogens is 324 g/mol. The van der Waals surface area contributed by atoms with Gasteiger partial charge in [0.05, 0.1) is 5.56 Å². The molecule has 2 nitrogen and oxygen atoms in total. The Bertz CT molecular complexity index is 725. The van der Waals surface area contributed by atoms with Crippen LogP contribution in [-0.4, -0.2) is 4.98 Å². The number of alkyl halides is 3. The van der Waals surface area contributed by atoms with Gasteiger partial charge in [0.15, 0.2) is 29.0 Å². The Morgan fingerprint density at radius 1 is 0.773 bits per heavy atom. The fraction of sp³-hybridized carbons (Fsp3) is 0.0833. The average Bonchev–Trinajstić information content (AvgIpc) is 2.43. The Kier molecular flexibility index (Phi) is 3.71. The molecule has 0 aliphatic carbocycles. The summed E-state index contributed by atoms with van der Waals surface area (Å²) in [6, 6.07) is 1.21. The van der Waals surface area contributed by atoms with Gasteiger partial charge in [-0.3, -0.25) is 0 Å². The molecule has 0 aliphatic heterocycles. The van der Waals surface area contributed by atoms with Crippen molar-refractivity contribution in [1.82, 2.24) is 4.98 Å². The van der Waals surface area contributed by atoms with Crippen molar-refractivity contribution in [3.63, 3.8) is 0 Å². The summed E-state index contributed by atoms with van der Waals surface area (Å²) in [6.45, 7) is 0. The van der Waals surface area contributed by atoms with Crippen molar-refractivity contribution < 1.29 is 35.1 Å². The van der Waals surface area contributed by atoms with Crippen molar-refractivity contribution in [2.75, 3.05) is 5.73 Å². The van der Waals surface area contributed by atoms with E-state index in [-0.39, 0.29) is 0 Å². The molecule has 1 heterocycles. The largest absolute Gasteiger partial charge is 0.434 e. The van der Waals surface area contributed by atoms with Crippen molar-refractivity contribution in [3.8, 4) is 11.1 Å². The Morgan fingerprint density at radius 3 is 1.68 bits per heavy atom. The summed E-state index contributed by atoms with van der Waals surface area (Å²) >= 11 is 0. The number of benzene rings is 1. The van der Waals surface area contributed by atoms with E-state index in [2.05, 4.69) is 4.98 Å². The topological polar surface area (TPSA) is 38.9 Å². The minimum absolute atomic E-state index is 0.476. The van der Waals surface area contributed by atoms with Crippen LogP contribution in [0.25, 0.3) is 11.1 Å². The van der Waals surface area contributed by atoms with Gasteiger partial charge in [-0.25, -0.2) is 26.9 Å². The summed E-state index contributed by atoms with van der Waals surface area (Å²) in [4.78, 5) is 2.87. The minimum Gasteiger partial charge on any atom is -0.384 e. The van der Waals surface area contributed by atoms with E-state index >= 15 is 0 Å². The Morgan fingerprint density at radius 2 is 1.23 bits per heavy atom. The number of halogens is 8. The quantitative estimate of drug-likeness (QED) is 0.487. The van der Waals surface area contributed by atoms with Crippen LogP contribution < -0.4 is 5.73 Å². The molecule has 0 saturated carbocycles. The number of hydrogen-bond acceptors (Lipinski definition) is 2. The van der Waals surface area contributed by atoms with Crippen molar-refractivity contribution in [2.45, 2.75) is 6.18 Å². The summed E-state index contributed by atoms with van der Waals surface area (Å²) in [5.74, 6) is -12.6. The molecule has 1 aromatic carbocycles. The molecule has 22 heavy (non-hydrogen) atoms. The Labute approximate surface area is 117 Å². The van der Waals surface area contributed by atoms with Gasteiger partial charge in [0.25, 0.3) is 0 Å². The maximum atomic E-state index is 13.6. The second-order valence-corrected chi connectivity index (χ2v) is 4.07. The first-order chi connectivity index (χ1) is 10.1. The first-order valence-electron chi connectivity index (χ1n) is 5.41. The van der Waals surface area contributed by atoms with Gasteiger partial charge in [-0.15, -0.1) is 0 Å². The third-order valence-corrected chi connectivity index (χ3v) is 2.66. The highest BCUT2D eigenvalue weighted by Crippen LogP contribution is 2.39. The molecule has 0 bridgehead atoms. The molecule has 2 rings (SSSR count). The number of nitrogen functional groups attached to an aromatic ring is 1. The highest BCUT2D eigenvalue weighted by molar-refractivity contribution is 5.69. The fourth-order valence-corrected chi connectivity index (χ4v) is 1.73. The van der Waals surface area contributed by atoms with E-state index in [1.807, 2.05) is 0 Å². The van der Waals surface area contributed by atoms with Crippen LogP contribution >= 0.6 is 0 Å². The van der Waals surface area contributed by atoms with Gasteiger partial charge in [-0.2, -0.15) is 13.2 Å². The summed E-state index contributed by atoms with van der Waals surface area (Å²) in [6.07, 6.45) is -5.22. The maximum Gasteiger partial charge on any atom is 0.434 e. The lowest BCUT2D eigenvalue weighted by atomic mass is 10.0. The van der Waals surface area contributed by atoms with Crippen LogP contribution in [-0.2, 0) is 6.18 Å².